The van der Waals surface area contributed by atoms with Gasteiger partial charge in [0.15, 0.2) is 0 Å². The highest BCUT2D eigenvalue weighted by atomic mass is 16.5. The van der Waals surface area contributed by atoms with Gasteiger partial charge in [0, 0.05) is 17.2 Å². The molecule has 0 radical (unpaired) electrons. The fraction of sp³-hybridized carbons (Fsp3) is 0. The Bertz CT molecular complexity index is 946. The Kier molecular flexibility index (Phi) is 5.16. The minimum atomic E-state index is -1.48. The van der Waals surface area contributed by atoms with Gasteiger partial charge in [0.25, 0.3) is 0 Å². The topological polar surface area (TPSA) is 188 Å². The molecule has 0 amide bonds. The SMILES string of the molecule is O=C(O)c1cc(N=[N+]([O-])c2cc(C(=O)O)cc(C(=O)O)c2)cc(C(=O)O)c1. The zero-order valence-electron chi connectivity index (χ0n) is 13.2. The number of aromatic carboxylic acids is 4. The van der Waals surface area contributed by atoms with Crippen LogP contribution in [0.1, 0.15) is 41.4 Å². The second-order valence-corrected chi connectivity index (χ2v) is 5.13. The van der Waals surface area contributed by atoms with E-state index in [1.807, 2.05) is 0 Å². The van der Waals surface area contributed by atoms with Crippen molar-refractivity contribution in [2.75, 3.05) is 0 Å². The van der Waals surface area contributed by atoms with Gasteiger partial charge in [-0.3, -0.25) is 0 Å². The highest BCUT2D eigenvalue weighted by Crippen LogP contribution is 2.23. The van der Waals surface area contributed by atoms with Crippen molar-refractivity contribution in [1.82, 2.24) is 0 Å². The van der Waals surface area contributed by atoms with Crippen molar-refractivity contribution in [1.29, 1.82) is 0 Å². The van der Waals surface area contributed by atoms with Crippen molar-refractivity contribution in [3.8, 4) is 0 Å². The van der Waals surface area contributed by atoms with Gasteiger partial charge in [-0.1, -0.05) is 4.86 Å². The number of carbonyl (C=O) groups is 4. The quantitative estimate of drug-likeness (QED) is 0.334. The number of hydrogen-bond acceptors (Lipinski definition) is 6. The largest absolute Gasteiger partial charge is 0.594 e. The van der Waals surface area contributed by atoms with E-state index in [0.29, 0.717) is 0 Å². The molecule has 27 heavy (non-hydrogen) atoms. The molecule has 0 spiro atoms. The molecule has 0 aliphatic carbocycles. The average Bonchev–Trinajstić information content (AvgIpc) is 2.60. The molecule has 0 heterocycles. The lowest BCUT2D eigenvalue weighted by Crippen LogP contribution is -2.05. The Labute approximate surface area is 149 Å². The summed E-state index contributed by atoms with van der Waals surface area (Å²) in [5.74, 6) is -5.86. The van der Waals surface area contributed by atoms with Crippen LogP contribution in [0.4, 0.5) is 11.4 Å². The smallest absolute Gasteiger partial charge is 0.335 e. The molecule has 2 rings (SSSR count). The normalized spacial score (nSPS) is 11.0. The maximum absolute atomic E-state index is 12.2. The Balaban J connectivity index is 2.60. The van der Waals surface area contributed by atoms with E-state index in [0.717, 1.165) is 36.4 Å². The van der Waals surface area contributed by atoms with Crippen LogP contribution in [0.5, 0.6) is 0 Å². The molecular formula is C16H10N2O9. The number of hydrogen-bond donors (Lipinski definition) is 4. The summed E-state index contributed by atoms with van der Waals surface area (Å²) in [6.07, 6.45) is 0. The lowest BCUT2D eigenvalue weighted by Gasteiger charge is -2.04. The van der Waals surface area contributed by atoms with E-state index in [1.165, 1.54) is 0 Å². The molecular weight excluding hydrogens is 364 g/mol. The van der Waals surface area contributed by atoms with E-state index >= 15 is 0 Å². The maximum atomic E-state index is 12.2. The summed E-state index contributed by atoms with van der Waals surface area (Å²) >= 11 is 0. The van der Waals surface area contributed by atoms with Gasteiger partial charge in [-0.15, -0.1) is 0 Å². The fourth-order valence-corrected chi connectivity index (χ4v) is 2.05. The third-order valence-electron chi connectivity index (χ3n) is 3.25. The first-order chi connectivity index (χ1) is 12.6. The highest BCUT2D eigenvalue weighted by Gasteiger charge is 2.18. The van der Waals surface area contributed by atoms with Crippen LogP contribution in [0, 0.1) is 5.21 Å². The molecule has 138 valence electrons. The second kappa shape index (κ2) is 7.31. The zero-order valence-corrected chi connectivity index (χ0v) is 13.2. The number of azo groups is 1. The van der Waals surface area contributed by atoms with Crippen LogP contribution in [0.25, 0.3) is 0 Å². The van der Waals surface area contributed by atoms with Gasteiger partial charge in [0.05, 0.1) is 22.3 Å². The van der Waals surface area contributed by atoms with E-state index in [-0.39, 0.29) is 10.5 Å². The summed E-state index contributed by atoms with van der Waals surface area (Å²) in [6.45, 7) is 0. The molecule has 0 aliphatic rings. The molecule has 0 aliphatic heterocycles. The van der Waals surface area contributed by atoms with Crippen LogP contribution < -0.4 is 0 Å². The number of carboxylic acids is 4. The van der Waals surface area contributed by atoms with Crippen LogP contribution in [0.15, 0.2) is 41.5 Å². The van der Waals surface area contributed by atoms with Gasteiger partial charge in [0.2, 0.25) is 5.69 Å². The van der Waals surface area contributed by atoms with Crippen LogP contribution in [0.2, 0.25) is 0 Å². The van der Waals surface area contributed by atoms with Crippen LogP contribution in [-0.4, -0.2) is 49.2 Å². The molecule has 0 saturated carbocycles. The molecule has 2 aromatic carbocycles. The summed E-state index contributed by atoms with van der Waals surface area (Å²) < 4.78 is 0. The fourth-order valence-electron chi connectivity index (χ4n) is 2.05. The Hall–Kier alpha value is -4.28. The predicted molar refractivity (Wildman–Crippen MR) is 86.1 cm³/mol. The third kappa shape index (κ3) is 4.42. The number of nitrogens with zero attached hydrogens (tertiary/aromatic N) is 2. The second-order valence-electron chi connectivity index (χ2n) is 5.13. The number of carboxylic acid groups (broad SMARTS) is 4. The van der Waals surface area contributed by atoms with Crippen molar-refractivity contribution in [2.24, 2.45) is 5.11 Å². The average molecular weight is 374 g/mol. The summed E-state index contributed by atoms with van der Waals surface area (Å²) in [7, 11) is 0. The van der Waals surface area contributed by atoms with E-state index < -0.39 is 51.8 Å². The van der Waals surface area contributed by atoms with Crippen molar-refractivity contribution >= 4 is 35.3 Å². The van der Waals surface area contributed by atoms with E-state index in [2.05, 4.69) is 5.11 Å². The van der Waals surface area contributed by atoms with Crippen LogP contribution in [-0.2, 0) is 0 Å². The zero-order chi connectivity index (χ0) is 20.3. The van der Waals surface area contributed by atoms with Gasteiger partial charge >= 0.3 is 23.9 Å². The van der Waals surface area contributed by atoms with Crippen molar-refractivity contribution in [3.63, 3.8) is 0 Å². The van der Waals surface area contributed by atoms with E-state index in [1.54, 1.807) is 0 Å². The molecule has 2 aromatic rings. The van der Waals surface area contributed by atoms with Gasteiger partial charge in [-0.05, 0) is 24.3 Å². The van der Waals surface area contributed by atoms with Gasteiger partial charge in [0.1, 0.15) is 5.69 Å². The summed E-state index contributed by atoms with van der Waals surface area (Å²) in [6, 6.07) is 5.30. The van der Waals surface area contributed by atoms with E-state index in [9.17, 15) is 24.4 Å². The first kappa shape index (κ1) is 19.1. The molecule has 4 N–H and O–H groups in total. The van der Waals surface area contributed by atoms with Crippen molar-refractivity contribution in [2.45, 2.75) is 0 Å². The predicted octanol–water partition coefficient (Wildman–Crippen LogP) is 2.41. The molecule has 0 aromatic heterocycles. The summed E-state index contributed by atoms with van der Waals surface area (Å²) in [5.41, 5.74) is -2.62. The summed E-state index contributed by atoms with van der Waals surface area (Å²) in [4.78, 5) is 44.1. The number of benzene rings is 2. The van der Waals surface area contributed by atoms with Crippen molar-refractivity contribution in [3.05, 3.63) is 63.9 Å². The first-order valence-electron chi connectivity index (χ1n) is 7.00. The van der Waals surface area contributed by atoms with Crippen LogP contribution >= 0.6 is 0 Å². The van der Waals surface area contributed by atoms with Gasteiger partial charge in [-0.25, -0.2) is 19.2 Å². The maximum Gasteiger partial charge on any atom is 0.335 e. The van der Waals surface area contributed by atoms with Gasteiger partial charge < -0.3 is 25.6 Å². The third-order valence-corrected chi connectivity index (χ3v) is 3.25. The molecule has 0 unspecified atom stereocenters. The Morgan fingerprint density at radius 2 is 1.00 bits per heavy atom. The minimum absolute atomic E-state index is 0.133. The van der Waals surface area contributed by atoms with E-state index in [4.69, 9.17) is 20.4 Å². The minimum Gasteiger partial charge on any atom is -0.594 e. The standard InChI is InChI=1S/C16H10N2O9/c19-13(20)7-1-8(14(21)22)4-11(3-7)17-18(27)12-5-9(15(23)24)2-10(6-12)16(25)26/h1-6H,(H,19,20)(H,21,22)(H,23,24)(H,25,26). The lowest BCUT2D eigenvalue weighted by atomic mass is 10.1. The molecule has 0 bridgehead atoms. The number of rotatable bonds is 6. The van der Waals surface area contributed by atoms with Crippen LogP contribution in [0.3, 0.4) is 0 Å². The first-order valence-corrected chi connectivity index (χ1v) is 7.00. The highest BCUT2D eigenvalue weighted by molar-refractivity contribution is 5.95. The summed E-state index contributed by atoms with van der Waals surface area (Å²) in [5, 5.41) is 51.7. The molecule has 11 nitrogen and oxygen atoms in total. The molecule has 0 atom stereocenters. The monoisotopic (exact) mass is 374 g/mol. The van der Waals surface area contributed by atoms with Gasteiger partial charge in [-0.2, -0.15) is 0 Å². The molecule has 0 saturated heterocycles. The lowest BCUT2D eigenvalue weighted by molar-refractivity contribution is -0.435. The molecule has 0 fully saturated rings. The molecule has 11 heteroatoms. The van der Waals surface area contributed by atoms with Crippen molar-refractivity contribution < 1.29 is 44.5 Å². The Morgan fingerprint density at radius 1 is 0.667 bits per heavy atom. The Morgan fingerprint density at radius 3 is 1.33 bits per heavy atom.